The molecule has 0 unspecified atom stereocenters. The van der Waals surface area contributed by atoms with Gasteiger partial charge in [-0.25, -0.2) is 4.98 Å². The van der Waals surface area contributed by atoms with Gasteiger partial charge in [0.05, 0.1) is 23.1 Å². The predicted octanol–water partition coefficient (Wildman–Crippen LogP) is 3.39. The number of aromatic nitrogens is 2. The molecule has 5 nitrogen and oxygen atoms in total. The number of hydrogen-bond acceptors (Lipinski definition) is 3. The predicted molar refractivity (Wildman–Crippen MR) is 93.2 cm³/mol. The summed E-state index contributed by atoms with van der Waals surface area (Å²) in [6.07, 6.45) is 0.829. The first-order chi connectivity index (χ1) is 11.8. The number of nitrogens with zero attached hydrogens (tertiary/aromatic N) is 2. The second-order valence-electron chi connectivity index (χ2n) is 5.92. The smallest absolute Gasteiger partial charge is 0.232 e. The molecule has 0 bridgehead atoms. The Bertz CT molecular complexity index is 873. The van der Waals surface area contributed by atoms with Crippen molar-refractivity contribution < 1.29 is 9.53 Å². The molecule has 0 spiro atoms. The van der Waals surface area contributed by atoms with Crippen molar-refractivity contribution in [2.45, 2.75) is 19.4 Å². The van der Waals surface area contributed by atoms with Crippen LogP contribution in [0, 0.1) is 5.92 Å². The number of rotatable bonds is 5. The van der Waals surface area contributed by atoms with Crippen molar-refractivity contribution in [3.63, 3.8) is 0 Å². The summed E-state index contributed by atoms with van der Waals surface area (Å²) in [6.45, 7) is 2.58. The van der Waals surface area contributed by atoms with Gasteiger partial charge in [-0.15, -0.1) is 0 Å². The lowest BCUT2D eigenvalue weighted by atomic mass is 10.3. The number of imidazole rings is 1. The minimum atomic E-state index is -0.0750. The average molecular weight is 321 g/mol. The number of para-hydroxylation sites is 3. The topological polar surface area (TPSA) is 56.1 Å². The van der Waals surface area contributed by atoms with E-state index in [9.17, 15) is 4.79 Å². The highest BCUT2D eigenvalue weighted by molar-refractivity contribution is 5.95. The van der Waals surface area contributed by atoms with Crippen LogP contribution in [0.15, 0.2) is 54.6 Å². The van der Waals surface area contributed by atoms with Crippen molar-refractivity contribution >= 4 is 22.9 Å². The maximum absolute atomic E-state index is 12.5. The van der Waals surface area contributed by atoms with Crippen LogP contribution in [0.4, 0.5) is 5.95 Å². The summed E-state index contributed by atoms with van der Waals surface area (Å²) in [5.41, 5.74) is 2.80. The van der Waals surface area contributed by atoms with E-state index in [2.05, 4.69) is 10.3 Å². The minimum Gasteiger partial charge on any atom is -0.378 e. The zero-order valence-electron chi connectivity index (χ0n) is 13.5. The van der Waals surface area contributed by atoms with E-state index in [1.165, 1.54) is 0 Å². The summed E-state index contributed by atoms with van der Waals surface area (Å²) in [6, 6.07) is 17.8. The molecule has 1 aliphatic rings. The number of carbonyl (C=O) groups excluding carboxylic acids is 1. The van der Waals surface area contributed by atoms with Gasteiger partial charge >= 0.3 is 0 Å². The molecule has 1 heterocycles. The molecule has 0 radical (unpaired) electrons. The molecule has 0 aliphatic heterocycles. The largest absolute Gasteiger partial charge is 0.378 e. The Morgan fingerprint density at radius 1 is 1.21 bits per heavy atom. The normalized spacial score (nSPS) is 19.4. The quantitative estimate of drug-likeness (QED) is 0.783. The first kappa shape index (κ1) is 14.9. The SMILES string of the molecule is CCO[C@H]1C[C@H]1C(=O)Nc1nc2ccccc2n1-c1ccccc1. The molecule has 122 valence electrons. The van der Waals surface area contributed by atoms with E-state index in [0.29, 0.717) is 12.6 Å². The van der Waals surface area contributed by atoms with Crippen molar-refractivity contribution in [1.82, 2.24) is 9.55 Å². The van der Waals surface area contributed by atoms with E-state index in [1.54, 1.807) is 0 Å². The van der Waals surface area contributed by atoms with Crippen molar-refractivity contribution in [3.05, 3.63) is 54.6 Å². The van der Waals surface area contributed by atoms with Gasteiger partial charge in [0.1, 0.15) is 0 Å². The number of hydrogen-bond donors (Lipinski definition) is 1. The van der Waals surface area contributed by atoms with Gasteiger partial charge in [-0.1, -0.05) is 30.3 Å². The van der Waals surface area contributed by atoms with E-state index in [-0.39, 0.29) is 17.9 Å². The van der Waals surface area contributed by atoms with Gasteiger partial charge in [0, 0.05) is 12.3 Å². The number of nitrogens with one attached hydrogen (secondary N) is 1. The Morgan fingerprint density at radius 2 is 1.96 bits per heavy atom. The van der Waals surface area contributed by atoms with Gasteiger partial charge in [0.2, 0.25) is 11.9 Å². The molecule has 1 aromatic heterocycles. The molecular formula is C19H19N3O2. The summed E-state index contributed by atoms with van der Waals surface area (Å²) in [4.78, 5) is 17.1. The van der Waals surface area contributed by atoms with Crippen LogP contribution in [0.2, 0.25) is 0 Å². The highest BCUT2D eigenvalue weighted by Gasteiger charge is 2.44. The number of anilines is 1. The van der Waals surface area contributed by atoms with Crippen LogP contribution in [0.3, 0.4) is 0 Å². The van der Waals surface area contributed by atoms with Gasteiger partial charge < -0.3 is 4.74 Å². The molecule has 4 rings (SSSR count). The number of amides is 1. The van der Waals surface area contributed by atoms with Crippen LogP contribution in [0.5, 0.6) is 0 Å². The molecule has 2 aromatic carbocycles. The lowest BCUT2D eigenvalue weighted by Gasteiger charge is -2.10. The van der Waals surface area contributed by atoms with Crippen LogP contribution >= 0.6 is 0 Å². The van der Waals surface area contributed by atoms with E-state index >= 15 is 0 Å². The van der Waals surface area contributed by atoms with Gasteiger partial charge in [0.15, 0.2) is 0 Å². The summed E-state index contributed by atoms with van der Waals surface area (Å²) >= 11 is 0. The molecular weight excluding hydrogens is 302 g/mol. The van der Waals surface area contributed by atoms with Gasteiger partial charge in [-0.3, -0.25) is 14.7 Å². The van der Waals surface area contributed by atoms with Crippen LogP contribution in [0.1, 0.15) is 13.3 Å². The van der Waals surface area contributed by atoms with Crippen LogP contribution < -0.4 is 5.32 Å². The summed E-state index contributed by atoms with van der Waals surface area (Å²) in [5, 5.41) is 2.98. The third-order valence-corrected chi connectivity index (χ3v) is 4.26. The van der Waals surface area contributed by atoms with E-state index in [1.807, 2.05) is 66.1 Å². The van der Waals surface area contributed by atoms with Crippen LogP contribution in [-0.4, -0.2) is 28.2 Å². The maximum atomic E-state index is 12.5. The van der Waals surface area contributed by atoms with E-state index in [0.717, 1.165) is 23.1 Å². The Kier molecular flexibility index (Phi) is 3.78. The summed E-state index contributed by atoms with van der Waals surface area (Å²) in [7, 11) is 0. The molecule has 3 aromatic rings. The molecule has 24 heavy (non-hydrogen) atoms. The van der Waals surface area contributed by atoms with Crippen molar-refractivity contribution in [2.24, 2.45) is 5.92 Å². The van der Waals surface area contributed by atoms with Gasteiger partial charge in [-0.05, 0) is 37.6 Å². The number of benzene rings is 2. The highest BCUT2D eigenvalue weighted by atomic mass is 16.5. The molecule has 0 saturated heterocycles. The monoisotopic (exact) mass is 321 g/mol. The lowest BCUT2D eigenvalue weighted by Crippen LogP contribution is -2.19. The van der Waals surface area contributed by atoms with Crippen molar-refractivity contribution in [3.8, 4) is 5.69 Å². The molecule has 1 fully saturated rings. The Morgan fingerprint density at radius 3 is 2.75 bits per heavy atom. The van der Waals surface area contributed by atoms with Crippen molar-refractivity contribution in [2.75, 3.05) is 11.9 Å². The molecule has 5 heteroatoms. The first-order valence-electron chi connectivity index (χ1n) is 8.23. The third kappa shape index (κ3) is 2.67. The number of fused-ring (bicyclic) bond motifs is 1. The van der Waals surface area contributed by atoms with Crippen molar-refractivity contribution in [1.29, 1.82) is 0 Å². The molecule has 2 atom stereocenters. The van der Waals surface area contributed by atoms with E-state index in [4.69, 9.17) is 4.74 Å². The van der Waals surface area contributed by atoms with Gasteiger partial charge in [0.25, 0.3) is 0 Å². The number of carbonyl (C=O) groups is 1. The molecule has 1 N–H and O–H groups in total. The van der Waals surface area contributed by atoms with Gasteiger partial charge in [-0.2, -0.15) is 0 Å². The molecule has 1 aliphatic carbocycles. The number of ether oxygens (including phenoxy) is 1. The first-order valence-corrected chi connectivity index (χ1v) is 8.23. The van der Waals surface area contributed by atoms with Crippen LogP contribution in [-0.2, 0) is 9.53 Å². The standard InChI is InChI=1S/C19H19N3O2/c1-2-24-17-12-14(17)18(23)21-19-20-15-10-6-7-11-16(15)22(19)13-8-4-3-5-9-13/h3-11,14,17H,2,12H2,1H3,(H,20,21,23)/t14-,17+/m1/s1. The maximum Gasteiger partial charge on any atom is 0.232 e. The highest BCUT2D eigenvalue weighted by Crippen LogP contribution is 2.35. The summed E-state index contributed by atoms with van der Waals surface area (Å²) < 4.78 is 7.49. The average Bonchev–Trinajstić information content (AvgIpc) is 3.28. The molecule has 1 saturated carbocycles. The minimum absolute atomic E-state index is 0.0269. The zero-order valence-corrected chi connectivity index (χ0v) is 13.5. The second kappa shape index (κ2) is 6.09. The van der Waals surface area contributed by atoms with E-state index < -0.39 is 0 Å². The molecule has 1 amide bonds. The van der Waals surface area contributed by atoms with Crippen LogP contribution in [0.25, 0.3) is 16.7 Å². The Hall–Kier alpha value is -2.66. The third-order valence-electron chi connectivity index (χ3n) is 4.26. The zero-order chi connectivity index (χ0) is 16.5. The lowest BCUT2D eigenvalue weighted by molar-refractivity contribution is -0.118. The fraction of sp³-hybridized carbons (Fsp3) is 0.263. The fourth-order valence-electron chi connectivity index (χ4n) is 3.00. The second-order valence-corrected chi connectivity index (χ2v) is 5.92. The Labute approximate surface area is 140 Å². The fourth-order valence-corrected chi connectivity index (χ4v) is 3.00. The Balaban J connectivity index is 1.69. The summed E-state index contributed by atoms with van der Waals surface area (Å²) in [5.74, 6) is 0.449.